The smallest absolute Gasteiger partial charge is 0.133 e. The number of anilines is 1. The number of aromatic nitrogens is 2. The SMILES string of the molecule is COc1ccccc1-c1nn(-c2ccccc2Cl)c2c1CCN2. The summed E-state index contributed by atoms with van der Waals surface area (Å²) in [4.78, 5) is 0. The summed E-state index contributed by atoms with van der Waals surface area (Å²) in [6.07, 6.45) is 0.938. The number of rotatable bonds is 3. The van der Waals surface area contributed by atoms with Gasteiger partial charge in [-0.3, -0.25) is 0 Å². The molecule has 0 fully saturated rings. The minimum Gasteiger partial charge on any atom is -0.496 e. The molecule has 4 rings (SSSR count). The van der Waals surface area contributed by atoms with Crippen molar-refractivity contribution in [3.63, 3.8) is 0 Å². The lowest BCUT2D eigenvalue weighted by atomic mass is 10.1. The fourth-order valence-electron chi connectivity index (χ4n) is 3.03. The zero-order chi connectivity index (χ0) is 15.8. The van der Waals surface area contributed by atoms with E-state index in [4.69, 9.17) is 21.4 Å². The van der Waals surface area contributed by atoms with Crippen LogP contribution in [0.5, 0.6) is 5.75 Å². The van der Waals surface area contributed by atoms with Gasteiger partial charge in [0.1, 0.15) is 17.3 Å². The average molecular weight is 326 g/mol. The van der Waals surface area contributed by atoms with Crippen molar-refractivity contribution in [3.8, 4) is 22.7 Å². The molecular weight excluding hydrogens is 310 g/mol. The highest BCUT2D eigenvalue weighted by Crippen LogP contribution is 2.39. The summed E-state index contributed by atoms with van der Waals surface area (Å²) in [5.74, 6) is 1.84. The van der Waals surface area contributed by atoms with Crippen LogP contribution in [0.2, 0.25) is 5.02 Å². The Morgan fingerprint density at radius 3 is 2.74 bits per heavy atom. The summed E-state index contributed by atoms with van der Waals surface area (Å²) in [6.45, 7) is 0.903. The lowest BCUT2D eigenvalue weighted by molar-refractivity contribution is 0.416. The molecule has 23 heavy (non-hydrogen) atoms. The summed E-state index contributed by atoms with van der Waals surface area (Å²) in [6, 6.07) is 15.7. The Labute approximate surface area is 139 Å². The van der Waals surface area contributed by atoms with Gasteiger partial charge < -0.3 is 10.1 Å². The van der Waals surface area contributed by atoms with Crippen molar-refractivity contribution in [2.24, 2.45) is 0 Å². The Bertz CT molecular complexity index is 872. The Balaban J connectivity index is 1.94. The zero-order valence-electron chi connectivity index (χ0n) is 12.7. The molecule has 0 spiro atoms. The average Bonchev–Trinajstić information content (AvgIpc) is 3.18. The van der Waals surface area contributed by atoms with E-state index in [0.717, 1.165) is 41.5 Å². The molecule has 0 radical (unpaired) electrons. The molecule has 4 nitrogen and oxygen atoms in total. The van der Waals surface area contributed by atoms with Gasteiger partial charge in [0.05, 0.1) is 17.8 Å². The van der Waals surface area contributed by atoms with Gasteiger partial charge in [0.2, 0.25) is 0 Å². The van der Waals surface area contributed by atoms with Crippen molar-refractivity contribution < 1.29 is 4.74 Å². The van der Waals surface area contributed by atoms with Crippen molar-refractivity contribution in [1.29, 1.82) is 0 Å². The van der Waals surface area contributed by atoms with Crippen LogP contribution >= 0.6 is 11.6 Å². The molecule has 3 aromatic rings. The van der Waals surface area contributed by atoms with Crippen molar-refractivity contribution in [2.45, 2.75) is 6.42 Å². The van der Waals surface area contributed by atoms with E-state index in [1.165, 1.54) is 5.56 Å². The molecule has 2 aromatic carbocycles. The van der Waals surface area contributed by atoms with Crippen LogP contribution in [0.3, 0.4) is 0 Å². The summed E-state index contributed by atoms with van der Waals surface area (Å²) in [7, 11) is 1.68. The van der Waals surface area contributed by atoms with Gasteiger partial charge in [0, 0.05) is 17.7 Å². The Morgan fingerprint density at radius 2 is 1.91 bits per heavy atom. The van der Waals surface area contributed by atoms with Gasteiger partial charge in [-0.1, -0.05) is 35.9 Å². The third-order valence-electron chi connectivity index (χ3n) is 4.09. The van der Waals surface area contributed by atoms with Crippen molar-refractivity contribution in [1.82, 2.24) is 9.78 Å². The highest BCUT2D eigenvalue weighted by molar-refractivity contribution is 6.32. The number of hydrogen-bond acceptors (Lipinski definition) is 3. The molecule has 116 valence electrons. The molecule has 0 saturated carbocycles. The van der Waals surface area contributed by atoms with Crippen LogP contribution in [0.25, 0.3) is 16.9 Å². The van der Waals surface area contributed by atoms with E-state index in [-0.39, 0.29) is 0 Å². The van der Waals surface area contributed by atoms with Crippen molar-refractivity contribution in [2.75, 3.05) is 19.0 Å². The number of halogens is 1. The topological polar surface area (TPSA) is 39.1 Å². The molecule has 2 heterocycles. The highest BCUT2D eigenvalue weighted by Gasteiger charge is 2.25. The monoisotopic (exact) mass is 325 g/mol. The molecule has 1 aliphatic heterocycles. The molecule has 0 saturated heterocycles. The van der Waals surface area contributed by atoms with Gasteiger partial charge >= 0.3 is 0 Å². The number of ether oxygens (including phenoxy) is 1. The third-order valence-corrected chi connectivity index (χ3v) is 4.41. The van der Waals surface area contributed by atoms with Crippen LogP contribution in [-0.4, -0.2) is 23.4 Å². The van der Waals surface area contributed by atoms with E-state index in [9.17, 15) is 0 Å². The van der Waals surface area contributed by atoms with E-state index >= 15 is 0 Å². The number of nitrogens with zero attached hydrogens (tertiary/aromatic N) is 2. The first-order valence-corrected chi connectivity index (χ1v) is 7.91. The van der Waals surface area contributed by atoms with E-state index in [1.54, 1.807) is 7.11 Å². The largest absolute Gasteiger partial charge is 0.496 e. The second kappa shape index (κ2) is 5.63. The maximum absolute atomic E-state index is 6.36. The summed E-state index contributed by atoms with van der Waals surface area (Å²) in [5.41, 5.74) is 4.03. The summed E-state index contributed by atoms with van der Waals surface area (Å²) < 4.78 is 7.40. The van der Waals surface area contributed by atoms with Gasteiger partial charge in [-0.25, -0.2) is 4.68 Å². The predicted octanol–water partition coefficient (Wildman–Crippen LogP) is 4.17. The molecule has 0 bridgehead atoms. The van der Waals surface area contributed by atoms with Crippen LogP contribution in [0.4, 0.5) is 5.82 Å². The molecule has 0 aliphatic carbocycles. The minimum absolute atomic E-state index is 0.679. The maximum atomic E-state index is 6.36. The number of fused-ring (bicyclic) bond motifs is 1. The van der Waals surface area contributed by atoms with Gasteiger partial charge in [0.15, 0.2) is 0 Å². The van der Waals surface area contributed by atoms with E-state index in [2.05, 4.69) is 5.32 Å². The normalized spacial score (nSPS) is 12.8. The fourth-order valence-corrected chi connectivity index (χ4v) is 3.24. The second-order valence-corrected chi connectivity index (χ2v) is 5.82. The van der Waals surface area contributed by atoms with E-state index < -0.39 is 0 Å². The Morgan fingerprint density at radius 1 is 1.13 bits per heavy atom. The third kappa shape index (κ3) is 2.26. The lowest BCUT2D eigenvalue weighted by Gasteiger charge is -2.08. The number of methoxy groups -OCH3 is 1. The Kier molecular flexibility index (Phi) is 3.46. The van der Waals surface area contributed by atoms with E-state index in [0.29, 0.717) is 5.02 Å². The molecule has 1 N–H and O–H groups in total. The lowest BCUT2D eigenvalue weighted by Crippen LogP contribution is -2.04. The van der Waals surface area contributed by atoms with Crippen LogP contribution in [-0.2, 0) is 6.42 Å². The van der Waals surface area contributed by atoms with Gasteiger partial charge in [0.25, 0.3) is 0 Å². The molecule has 1 aliphatic rings. The summed E-state index contributed by atoms with van der Waals surface area (Å²) >= 11 is 6.36. The number of nitrogens with one attached hydrogen (secondary N) is 1. The Hall–Kier alpha value is -2.46. The molecule has 5 heteroatoms. The standard InChI is InChI=1S/C18H16ClN3O/c1-23-16-9-5-2-6-12(16)17-13-10-11-20-18(13)22(21-17)15-8-4-3-7-14(15)19/h2-9,20H,10-11H2,1H3. The van der Waals surface area contributed by atoms with Crippen LogP contribution in [0, 0.1) is 0 Å². The van der Waals surface area contributed by atoms with Crippen LogP contribution < -0.4 is 10.1 Å². The first-order valence-electron chi connectivity index (χ1n) is 7.53. The van der Waals surface area contributed by atoms with Crippen LogP contribution in [0.15, 0.2) is 48.5 Å². The van der Waals surface area contributed by atoms with Gasteiger partial charge in [-0.2, -0.15) is 5.10 Å². The first kappa shape index (κ1) is 14.2. The number of hydrogen-bond donors (Lipinski definition) is 1. The van der Waals surface area contributed by atoms with E-state index in [1.807, 2.05) is 53.2 Å². The fraction of sp³-hybridized carbons (Fsp3) is 0.167. The zero-order valence-corrected chi connectivity index (χ0v) is 13.5. The van der Waals surface area contributed by atoms with Crippen LogP contribution in [0.1, 0.15) is 5.56 Å². The molecule has 1 aromatic heterocycles. The molecule has 0 unspecified atom stereocenters. The number of para-hydroxylation sites is 2. The minimum atomic E-state index is 0.679. The van der Waals surface area contributed by atoms with Crippen molar-refractivity contribution >= 4 is 17.4 Å². The maximum Gasteiger partial charge on any atom is 0.133 e. The molecule has 0 amide bonds. The first-order chi connectivity index (χ1) is 11.3. The predicted molar refractivity (Wildman–Crippen MR) is 92.8 cm³/mol. The highest BCUT2D eigenvalue weighted by atomic mass is 35.5. The molecular formula is C18H16ClN3O. The summed E-state index contributed by atoms with van der Waals surface area (Å²) in [5, 5.41) is 8.93. The van der Waals surface area contributed by atoms with Crippen molar-refractivity contribution in [3.05, 3.63) is 59.1 Å². The second-order valence-electron chi connectivity index (χ2n) is 5.42. The number of benzene rings is 2. The molecule has 0 atom stereocenters. The van der Waals surface area contributed by atoms with Gasteiger partial charge in [-0.05, 0) is 30.7 Å². The quantitative estimate of drug-likeness (QED) is 0.785. The van der Waals surface area contributed by atoms with Gasteiger partial charge in [-0.15, -0.1) is 0 Å².